The van der Waals surface area contributed by atoms with E-state index in [1.165, 1.54) is 12.1 Å². The van der Waals surface area contributed by atoms with Crippen LogP contribution in [0, 0.1) is 5.82 Å². The summed E-state index contributed by atoms with van der Waals surface area (Å²) < 4.78 is 15.3. The Bertz CT molecular complexity index is 590. The highest BCUT2D eigenvalue weighted by Gasteiger charge is 2.24. The lowest BCUT2D eigenvalue weighted by atomic mass is 9.93. The lowest BCUT2D eigenvalue weighted by molar-refractivity contribution is 0.576. The number of hydrogen-bond acceptors (Lipinski definition) is 3. The predicted molar refractivity (Wildman–Crippen MR) is 71.5 cm³/mol. The summed E-state index contributed by atoms with van der Waals surface area (Å²) in [5, 5.41) is 4.59. The highest BCUT2D eigenvalue weighted by atomic mass is 35.5. The van der Waals surface area contributed by atoms with Crippen LogP contribution in [-0.4, -0.2) is 14.8 Å². The molecule has 1 aromatic carbocycles. The summed E-state index contributed by atoms with van der Waals surface area (Å²) >= 11 is 5.93. The van der Waals surface area contributed by atoms with Crippen molar-refractivity contribution in [2.75, 3.05) is 5.73 Å². The van der Waals surface area contributed by atoms with Gasteiger partial charge in [0, 0.05) is 17.5 Å². The number of nitrogen functional groups attached to an aromatic ring is 1. The van der Waals surface area contributed by atoms with E-state index in [1.54, 1.807) is 6.07 Å². The molecular weight excluding hydrogens is 267 g/mol. The van der Waals surface area contributed by atoms with Gasteiger partial charge in [-0.1, -0.05) is 18.0 Å². The second-order valence-electron chi connectivity index (χ2n) is 4.80. The molecule has 0 amide bonds. The molecular formula is C13H14ClFN4. The minimum atomic E-state index is -0.328. The predicted octanol–water partition coefficient (Wildman–Crippen LogP) is 2.97. The Hall–Kier alpha value is -1.62. The van der Waals surface area contributed by atoms with Gasteiger partial charge in [0.1, 0.15) is 11.6 Å². The first-order valence-corrected chi connectivity index (χ1v) is 6.67. The second-order valence-corrected chi connectivity index (χ2v) is 5.24. The van der Waals surface area contributed by atoms with Crippen LogP contribution in [0.15, 0.2) is 18.2 Å². The van der Waals surface area contributed by atoms with Crippen LogP contribution in [0.25, 0.3) is 0 Å². The van der Waals surface area contributed by atoms with Gasteiger partial charge in [-0.2, -0.15) is 4.98 Å². The molecule has 1 unspecified atom stereocenters. The van der Waals surface area contributed by atoms with Crippen molar-refractivity contribution in [2.24, 2.45) is 0 Å². The molecule has 1 aliphatic heterocycles. The molecule has 2 aromatic rings. The number of aromatic nitrogens is 3. The standard InChI is InChI=1S/C13H14ClFN4/c14-9-5-8(6-10(15)7-9)11-3-1-2-4-19-12(11)17-13(16)18-19/h5-7,11H,1-4H2,(H2,16,18). The van der Waals surface area contributed by atoms with Gasteiger partial charge >= 0.3 is 0 Å². The zero-order valence-electron chi connectivity index (χ0n) is 10.3. The fourth-order valence-corrected chi connectivity index (χ4v) is 2.86. The Balaban J connectivity index is 2.08. The zero-order valence-corrected chi connectivity index (χ0v) is 11.1. The number of anilines is 1. The summed E-state index contributed by atoms with van der Waals surface area (Å²) in [6, 6.07) is 4.60. The van der Waals surface area contributed by atoms with E-state index in [0.717, 1.165) is 37.2 Å². The summed E-state index contributed by atoms with van der Waals surface area (Å²) in [5.74, 6) is 0.743. The maximum absolute atomic E-state index is 13.5. The van der Waals surface area contributed by atoms with Crippen LogP contribution in [0.3, 0.4) is 0 Å². The lowest BCUT2D eigenvalue weighted by Gasteiger charge is -2.14. The Kier molecular flexibility index (Phi) is 3.14. The van der Waals surface area contributed by atoms with Crippen molar-refractivity contribution in [1.29, 1.82) is 0 Å². The third-order valence-corrected chi connectivity index (χ3v) is 3.65. The first-order valence-electron chi connectivity index (χ1n) is 6.29. The first-order chi connectivity index (χ1) is 9.13. The van der Waals surface area contributed by atoms with Crippen LogP contribution in [0.1, 0.15) is 36.6 Å². The molecule has 0 fully saturated rings. The third-order valence-electron chi connectivity index (χ3n) is 3.43. The van der Waals surface area contributed by atoms with Crippen LogP contribution in [0.5, 0.6) is 0 Å². The molecule has 6 heteroatoms. The van der Waals surface area contributed by atoms with Crippen LogP contribution in [-0.2, 0) is 6.54 Å². The van der Waals surface area contributed by atoms with Gasteiger partial charge in [-0.25, -0.2) is 9.07 Å². The molecule has 1 atom stereocenters. The molecule has 0 aliphatic carbocycles. The van der Waals surface area contributed by atoms with Gasteiger partial charge in [-0.15, -0.1) is 5.10 Å². The van der Waals surface area contributed by atoms with Crippen molar-refractivity contribution in [3.8, 4) is 0 Å². The SMILES string of the molecule is Nc1nc2n(n1)CCCCC2c1cc(F)cc(Cl)c1. The molecule has 2 heterocycles. The monoisotopic (exact) mass is 280 g/mol. The van der Waals surface area contributed by atoms with Crippen LogP contribution >= 0.6 is 11.6 Å². The van der Waals surface area contributed by atoms with E-state index in [1.807, 2.05) is 4.68 Å². The maximum atomic E-state index is 13.5. The Morgan fingerprint density at radius 1 is 1.32 bits per heavy atom. The van der Waals surface area contributed by atoms with Crippen molar-refractivity contribution >= 4 is 17.5 Å². The quantitative estimate of drug-likeness (QED) is 0.874. The zero-order chi connectivity index (χ0) is 13.4. The van der Waals surface area contributed by atoms with Gasteiger partial charge < -0.3 is 5.73 Å². The molecule has 0 spiro atoms. The summed E-state index contributed by atoms with van der Waals surface area (Å²) in [4.78, 5) is 4.29. The number of aryl methyl sites for hydroxylation is 1. The van der Waals surface area contributed by atoms with Gasteiger partial charge in [-0.05, 0) is 36.6 Å². The molecule has 4 nitrogen and oxygen atoms in total. The van der Waals surface area contributed by atoms with E-state index in [-0.39, 0.29) is 17.7 Å². The van der Waals surface area contributed by atoms with Crippen molar-refractivity contribution in [1.82, 2.24) is 14.8 Å². The van der Waals surface area contributed by atoms with E-state index < -0.39 is 0 Å². The van der Waals surface area contributed by atoms with E-state index in [0.29, 0.717) is 5.02 Å². The topological polar surface area (TPSA) is 56.7 Å². The van der Waals surface area contributed by atoms with E-state index >= 15 is 0 Å². The van der Waals surface area contributed by atoms with Crippen molar-refractivity contribution < 1.29 is 4.39 Å². The summed E-state index contributed by atoms with van der Waals surface area (Å²) in [7, 11) is 0. The van der Waals surface area contributed by atoms with E-state index in [9.17, 15) is 4.39 Å². The lowest BCUT2D eigenvalue weighted by Crippen LogP contribution is -2.08. The Labute approximate surface area is 115 Å². The molecule has 19 heavy (non-hydrogen) atoms. The van der Waals surface area contributed by atoms with Gasteiger partial charge in [0.15, 0.2) is 0 Å². The highest BCUT2D eigenvalue weighted by Crippen LogP contribution is 2.33. The number of halogens is 2. The summed E-state index contributed by atoms with van der Waals surface area (Å²) in [6.07, 6.45) is 2.97. The second kappa shape index (κ2) is 4.81. The van der Waals surface area contributed by atoms with Crippen LogP contribution in [0.2, 0.25) is 5.02 Å². The molecule has 0 saturated carbocycles. The van der Waals surface area contributed by atoms with Crippen molar-refractivity contribution in [3.63, 3.8) is 0 Å². The normalized spacial score (nSPS) is 18.9. The molecule has 2 N–H and O–H groups in total. The minimum absolute atomic E-state index is 0.000463. The molecule has 3 rings (SSSR count). The van der Waals surface area contributed by atoms with E-state index in [2.05, 4.69) is 10.1 Å². The molecule has 0 bridgehead atoms. The molecule has 1 aromatic heterocycles. The van der Waals surface area contributed by atoms with E-state index in [4.69, 9.17) is 17.3 Å². The molecule has 0 radical (unpaired) electrons. The summed E-state index contributed by atoms with van der Waals surface area (Å²) in [6.45, 7) is 0.805. The highest BCUT2D eigenvalue weighted by molar-refractivity contribution is 6.30. The Morgan fingerprint density at radius 2 is 2.16 bits per heavy atom. The third kappa shape index (κ3) is 2.42. The smallest absolute Gasteiger partial charge is 0.239 e. The largest absolute Gasteiger partial charge is 0.366 e. The average Bonchev–Trinajstić information content (AvgIpc) is 2.58. The molecule has 1 aliphatic rings. The fourth-order valence-electron chi connectivity index (χ4n) is 2.63. The van der Waals surface area contributed by atoms with Gasteiger partial charge in [-0.3, -0.25) is 0 Å². The Morgan fingerprint density at radius 3 is 2.95 bits per heavy atom. The number of rotatable bonds is 1. The first kappa shape index (κ1) is 12.4. The fraction of sp³-hybridized carbons (Fsp3) is 0.385. The number of hydrogen-bond donors (Lipinski definition) is 1. The number of fused-ring (bicyclic) bond motifs is 1. The minimum Gasteiger partial charge on any atom is -0.366 e. The van der Waals surface area contributed by atoms with Gasteiger partial charge in [0.2, 0.25) is 5.95 Å². The van der Waals surface area contributed by atoms with Crippen LogP contribution < -0.4 is 5.73 Å². The van der Waals surface area contributed by atoms with Gasteiger partial charge in [0.05, 0.1) is 0 Å². The van der Waals surface area contributed by atoms with Crippen LogP contribution in [0.4, 0.5) is 10.3 Å². The molecule has 0 saturated heterocycles. The average molecular weight is 281 g/mol. The van der Waals surface area contributed by atoms with Gasteiger partial charge in [0.25, 0.3) is 0 Å². The number of nitrogens with two attached hydrogens (primary N) is 1. The van der Waals surface area contributed by atoms with Crippen molar-refractivity contribution in [2.45, 2.75) is 31.7 Å². The number of nitrogens with zero attached hydrogens (tertiary/aromatic N) is 3. The van der Waals surface area contributed by atoms with Crippen molar-refractivity contribution in [3.05, 3.63) is 40.4 Å². The molecule has 100 valence electrons. The summed E-state index contributed by atoms with van der Waals surface area (Å²) in [5.41, 5.74) is 6.50. The number of benzene rings is 1. The maximum Gasteiger partial charge on any atom is 0.239 e.